The second-order valence-corrected chi connectivity index (χ2v) is 9.38. The van der Waals surface area contributed by atoms with Crippen LogP contribution >= 0.6 is 0 Å². The van der Waals surface area contributed by atoms with Crippen LogP contribution in [0.4, 0.5) is 5.69 Å². The van der Waals surface area contributed by atoms with Gasteiger partial charge in [-0.25, -0.2) is 13.2 Å². The van der Waals surface area contributed by atoms with E-state index in [1.807, 2.05) is 0 Å². The van der Waals surface area contributed by atoms with Crippen LogP contribution in [0.3, 0.4) is 0 Å². The van der Waals surface area contributed by atoms with E-state index in [1.54, 1.807) is 24.3 Å². The topological polar surface area (TPSA) is 92.7 Å². The van der Waals surface area contributed by atoms with E-state index in [-0.39, 0.29) is 5.75 Å². The maximum absolute atomic E-state index is 11.7. The van der Waals surface area contributed by atoms with Crippen LogP contribution in [0.1, 0.15) is 77.6 Å². The fourth-order valence-electron chi connectivity index (χ4n) is 3.19. The summed E-state index contributed by atoms with van der Waals surface area (Å²) in [4.78, 5) is 11.5. The van der Waals surface area contributed by atoms with Crippen LogP contribution in [0.5, 0.6) is 5.75 Å². The summed E-state index contributed by atoms with van der Waals surface area (Å²) in [5.41, 5.74) is 0.394. The fourth-order valence-corrected chi connectivity index (χ4v) is 4.08. The summed E-state index contributed by atoms with van der Waals surface area (Å²) in [6.45, 7) is 5.64. The van der Waals surface area contributed by atoms with Crippen LogP contribution in [0.15, 0.2) is 36.9 Å². The Labute approximate surface area is 181 Å². The molecule has 1 unspecified atom stereocenters. The molecule has 1 aromatic rings. The molecule has 0 amide bonds. The van der Waals surface area contributed by atoms with E-state index >= 15 is 0 Å². The first-order chi connectivity index (χ1) is 14.4. The maximum atomic E-state index is 11.7. The molecule has 0 radical (unpaired) electrons. The molecule has 0 aliphatic carbocycles. The molecule has 170 valence electrons. The molecule has 7 heteroatoms. The summed E-state index contributed by atoms with van der Waals surface area (Å²) in [7, 11) is -3.47. The van der Waals surface area contributed by atoms with Crippen LogP contribution in [-0.2, 0) is 14.8 Å². The van der Waals surface area contributed by atoms with Gasteiger partial charge in [0.25, 0.3) is 0 Å². The van der Waals surface area contributed by atoms with Crippen LogP contribution in [0, 0.1) is 0 Å². The lowest BCUT2D eigenvalue weighted by Crippen LogP contribution is -2.26. The number of carboxylic acids is 1. The van der Waals surface area contributed by atoms with Crippen LogP contribution in [0.2, 0.25) is 0 Å². The molecule has 0 spiro atoms. The minimum Gasteiger partial charge on any atom is -0.479 e. The zero-order valence-corrected chi connectivity index (χ0v) is 19.0. The molecule has 0 aliphatic rings. The number of aliphatic carboxylic acids is 1. The molecule has 1 atom stereocenters. The number of unbranched alkanes of at least 4 members (excludes halogenated alkanes) is 9. The van der Waals surface area contributed by atoms with Gasteiger partial charge < -0.3 is 9.84 Å². The van der Waals surface area contributed by atoms with E-state index in [0.29, 0.717) is 17.9 Å². The number of sulfonamides is 1. The van der Waals surface area contributed by atoms with Crippen LogP contribution < -0.4 is 9.46 Å². The molecule has 0 saturated carbocycles. The molecule has 1 rings (SSSR count). The third-order valence-electron chi connectivity index (χ3n) is 4.84. The van der Waals surface area contributed by atoms with E-state index in [1.165, 1.54) is 51.0 Å². The van der Waals surface area contributed by atoms with Crippen molar-refractivity contribution in [2.75, 3.05) is 10.5 Å². The lowest BCUT2D eigenvalue weighted by atomic mass is 10.0. The summed E-state index contributed by atoms with van der Waals surface area (Å²) in [6.07, 6.45) is 12.8. The SMILES string of the molecule is C=CCS(=O)(=O)Nc1ccc(OC(CCCCCCCCCCCC)C(=O)O)cc1. The third kappa shape index (κ3) is 11.9. The number of benzene rings is 1. The Balaban J connectivity index is 2.33. The Morgan fingerprint density at radius 1 is 1.03 bits per heavy atom. The van der Waals surface area contributed by atoms with E-state index in [9.17, 15) is 18.3 Å². The Kier molecular flexibility index (Phi) is 12.9. The van der Waals surface area contributed by atoms with Gasteiger partial charge in [0.15, 0.2) is 6.10 Å². The van der Waals surface area contributed by atoms with Gasteiger partial charge in [-0.1, -0.05) is 70.8 Å². The Bertz CT molecular complexity index is 716. The van der Waals surface area contributed by atoms with Crippen molar-refractivity contribution < 1.29 is 23.1 Å². The molecule has 30 heavy (non-hydrogen) atoms. The van der Waals surface area contributed by atoms with Gasteiger partial charge in [-0.3, -0.25) is 4.72 Å². The molecular weight excluding hydrogens is 402 g/mol. The molecule has 0 heterocycles. The van der Waals surface area contributed by atoms with Gasteiger partial charge in [-0.15, -0.1) is 6.58 Å². The van der Waals surface area contributed by atoms with Gasteiger partial charge in [-0.2, -0.15) is 0 Å². The normalized spacial score (nSPS) is 12.3. The minimum absolute atomic E-state index is 0.175. The van der Waals surface area contributed by atoms with E-state index < -0.39 is 22.1 Å². The number of rotatable bonds is 18. The highest BCUT2D eigenvalue weighted by Crippen LogP contribution is 2.20. The predicted molar refractivity (Wildman–Crippen MR) is 123 cm³/mol. The van der Waals surface area contributed by atoms with Gasteiger partial charge in [0, 0.05) is 5.69 Å². The monoisotopic (exact) mass is 439 g/mol. The van der Waals surface area contributed by atoms with Crippen molar-refractivity contribution in [3.05, 3.63) is 36.9 Å². The molecular formula is C23H37NO5S. The van der Waals surface area contributed by atoms with Crippen molar-refractivity contribution in [3.8, 4) is 5.75 Å². The lowest BCUT2D eigenvalue weighted by Gasteiger charge is -2.15. The van der Waals surface area contributed by atoms with Crippen molar-refractivity contribution in [1.82, 2.24) is 0 Å². The molecule has 0 saturated heterocycles. The minimum atomic E-state index is -3.47. The Morgan fingerprint density at radius 3 is 2.07 bits per heavy atom. The first-order valence-corrected chi connectivity index (χ1v) is 12.6. The highest BCUT2D eigenvalue weighted by molar-refractivity contribution is 7.92. The molecule has 0 aliphatic heterocycles. The first kappa shape index (κ1) is 26.0. The predicted octanol–water partition coefficient (Wildman–Crippen LogP) is 5.76. The summed E-state index contributed by atoms with van der Waals surface area (Å²) in [6, 6.07) is 6.24. The molecule has 0 aromatic heterocycles. The molecule has 0 fully saturated rings. The van der Waals surface area contributed by atoms with Crippen molar-refractivity contribution in [2.24, 2.45) is 0 Å². The molecule has 6 nitrogen and oxygen atoms in total. The Morgan fingerprint density at radius 2 is 1.57 bits per heavy atom. The third-order valence-corrected chi connectivity index (χ3v) is 6.06. The smallest absolute Gasteiger partial charge is 0.344 e. The van der Waals surface area contributed by atoms with Crippen molar-refractivity contribution in [2.45, 2.75) is 83.7 Å². The highest BCUT2D eigenvalue weighted by atomic mass is 32.2. The molecule has 0 bridgehead atoms. The van der Waals surface area contributed by atoms with Gasteiger partial charge >= 0.3 is 5.97 Å². The number of carboxylic acid groups (broad SMARTS) is 1. The largest absolute Gasteiger partial charge is 0.479 e. The number of hydrogen-bond acceptors (Lipinski definition) is 4. The van der Waals surface area contributed by atoms with Crippen molar-refractivity contribution >= 4 is 21.7 Å². The van der Waals surface area contributed by atoms with Gasteiger partial charge in [0.1, 0.15) is 5.75 Å². The summed E-state index contributed by atoms with van der Waals surface area (Å²) in [5, 5.41) is 9.42. The van der Waals surface area contributed by atoms with Gasteiger partial charge in [0.05, 0.1) is 5.75 Å². The van der Waals surface area contributed by atoms with Gasteiger partial charge in [0.2, 0.25) is 10.0 Å². The lowest BCUT2D eigenvalue weighted by molar-refractivity contribution is -0.145. The van der Waals surface area contributed by atoms with E-state index in [2.05, 4.69) is 18.2 Å². The maximum Gasteiger partial charge on any atom is 0.344 e. The molecule has 1 aromatic carbocycles. The number of hydrogen-bond donors (Lipinski definition) is 2. The van der Waals surface area contributed by atoms with Crippen LogP contribution in [0.25, 0.3) is 0 Å². The zero-order chi connectivity index (χ0) is 22.2. The second-order valence-electron chi connectivity index (χ2n) is 7.61. The average Bonchev–Trinajstić information content (AvgIpc) is 2.69. The summed E-state index contributed by atoms with van der Waals surface area (Å²) < 4.78 is 31.5. The average molecular weight is 440 g/mol. The van der Waals surface area contributed by atoms with Crippen molar-refractivity contribution in [3.63, 3.8) is 0 Å². The van der Waals surface area contributed by atoms with Gasteiger partial charge in [-0.05, 0) is 37.1 Å². The van der Waals surface area contributed by atoms with Crippen molar-refractivity contribution in [1.29, 1.82) is 0 Å². The highest BCUT2D eigenvalue weighted by Gasteiger charge is 2.19. The summed E-state index contributed by atoms with van der Waals surface area (Å²) >= 11 is 0. The fraction of sp³-hybridized carbons (Fsp3) is 0.609. The number of nitrogens with one attached hydrogen (secondary N) is 1. The number of anilines is 1. The van der Waals surface area contributed by atoms with E-state index in [4.69, 9.17) is 4.74 Å². The zero-order valence-electron chi connectivity index (χ0n) is 18.1. The van der Waals surface area contributed by atoms with Crippen LogP contribution in [-0.4, -0.2) is 31.4 Å². The Hall–Kier alpha value is -2.02. The first-order valence-electron chi connectivity index (χ1n) is 11.0. The van der Waals surface area contributed by atoms with E-state index in [0.717, 1.165) is 19.3 Å². The standard InChI is InChI=1S/C23H37NO5S/c1-3-5-6-7-8-9-10-11-12-13-14-22(23(25)26)29-21-17-15-20(16-18-21)24-30(27,28)19-4-2/h4,15-18,22,24H,2-3,5-14,19H2,1H3,(H,25,26). The second kappa shape index (κ2) is 14.9. The quantitative estimate of drug-likeness (QED) is 0.224. The molecule has 2 N–H and O–H groups in total. The number of carbonyl (C=O) groups is 1. The number of ether oxygens (including phenoxy) is 1. The summed E-state index contributed by atoms with van der Waals surface area (Å²) in [5.74, 6) is -0.756.